The van der Waals surface area contributed by atoms with Crippen molar-refractivity contribution < 1.29 is 4.79 Å². The van der Waals surface area contributed by atoms with Crippen molar-refractivity contribution in [3.05, 3.63) is 59.7 Å². The van der Waals surface area contributed by atoms with Crippen LogP contribution in [-0.4, -0.2) is 30.2 Å². The molecule has 0 aliphatic carbocycles. The van der Waals surface area contributed by atoms with Gasteiger partial charge in [0, 0.05) is 23.5 Å². The van der Waals surface area contributed by atoms with Gasteiger partial charge in [0.25, 0.3) is 5.91 Å². The highest BCUT2D eigenvalue weighted by molar-refractivity contribution is 7.98. The van der Waals surface area contributed by atoms with Crippen molar-refractivity contribution in [1.29, 1.82) is 0 Å². The maximum Gasteiger partial charge on any atom is 0.255 e. The quantitative estimate of drug-likeness (QED) is 0.776. The standard InChI is InChI=1S/C21H26N2OS/c1-16-6-5-13-23(14-16)15-17-9-11-18(12-10-17)21(24)22-19-7-3-4-8-20(19)25-2/h3-4,7-12,16H,5-6,13-15H2,1-2H3,(H,22,24)/t16-/m1/s1. The Hall–Kier alpha value is -1.78. The fourth-order valence-electron chi connectivity index (χ4n) is 3.39. The van der Waals surface area contributed by atoms with E-state index in [4.69, 9.17) is 0 Å². The Balaban J connectivity index is 1.62. The van der Waals surface area contributed by atoms with Crippen LogP contribution in [0.5, 0.6) is 0 Å². The van der Waals surface area contributed by atoms with Gasteiger partial charge in [-0.2, -0.15) is 0 Å². The van der Waals surface area contributed by atoms with Gasteiger partial charge >= 0.3 is 0 Å². The third-order valence-electron chi connectivity index (χ3n) is 4.72. The number of benzene rings is 2. The molecule has 0 bridgehead atoms. The van der Waals surface area contributed by atoms with E-state index in [-0.39, 0.29) is 5.91 Å². The van der Waals surface area contributed by atoms with Gasteiger partial charge in [-0.1, -0.05) is 31.2 Å². The van der Waals surface area contributed by atoms with E-state index in [1.807, 2.05) is 42.7 Å². The number of anilines is 1. The van der Waals surface area contributed by atoms with E-state index in [2.05, 4.69) is 29.3 Å². The first-order valence-electron chi connectivity index (χ1n) is 8.91. The summed E-state index contributed by atoms with van der Waals surface area (Å²) in [6.45, 7) is 5.65. The van der Waals surface area contributed by atoms with E-state index >= 15 is 0 Å². The molecule has 0 unspecified atom stereocenters. The van der Waals surface area contributed by atoms with Gasteiger partial charge in [0.15, 0.2) is 0 Å². The molecule has 3 rings (SSSR count). The van der Waals surface area contributed by atoms with Crippen LogP contribution in [-0.2, 0) is 6.54 Å². The molecule has 0 radical (unpaired) electrons. The number of nitrogens with one attached hydrogen (secondary N) is 1. The van der Waals surface area contributed by atoms with Crippen molar-refractivity contribution in [1.82, 2.24) is 4.90 Å². The van der Waals surface area contributed by atoms with Crippen molar-refractivity contribution in [2.45, 2.75) is 31.2 Å². The first-order chi connectivity index (χ1) is 12.2. The van der Waals surface area contributed by atoms with E-state index in [1.165, 1.54) is 31.5 Å². The number of carbonyl (C=O) groups is 1. The Morgan fingerprint density at radius 2 is 1.96 bits per heavy atom. The maximum atomic E-state index is 12.5. The van der Waals surface area contributed by atoms with E-state index in [0.717, 1.165) is 23.0 Å². The van der Waals surface area contributed by atoms with Crippen molar-refractivity contribution in [2.24, 2.45) is 5.92 Å². The number of hydrogen-bond donors (Lipinski definition) is 1. The van der Waals surface area contributed by atoms with Gasteiger partial charge in [-0.15, -0.1) is 11.8 Å². The minimum Gasteiger partial charge on any atom is -0.321 e. The van der Waals surface area contributed by atoms with Crippen LogP contribution in [0.1, 0.15) is 35.7 Å². The Morgan fingerprint density at radius 1 is 1.20 bits per heavy atom. The van der Waals surface area contributed by atoms with Crippen molar-refractivity contribution in [3.63, 3.8) is 0 Å². The fraction of sp³-hybridized carbons (Fsp3) is 0.381. The molecule has 1 aliphatic rings. The molecule has 2 aromatic rings. The van der Waals surface area contributed by atoms with Crippen molar-refractivity contribution in [3.8, 4) is 0 Å². The Labute approximate surface area is 154 Å². The SMILES string of the molecule is CSc1ccccc1NC(=O)c1ccc(CN2CCC[C@@H](C)C2)cc1. The predicted octanol–water partition coefficient (Wildman–Crippen LogP) is 4.89. The summed E-state index contributed by atoms with van der Waals surface area (Å²) >= 11 is 1.63. The van der Waals surface area contributed by atoms with Gasteiger partial charge in [-0.25, -0.2) is 0 Å². The molecule has 1 N–H and O–H groups in total. The average Bonchev–Trinajstić information content (AvgIpc) is 2.63. The van der Waals surface area contributed by atoms with Crippen LogP contribution in [0.2, 0.25) is 0 Å². The van der Waals surface area contributed by atoms with Crippen molar-refractivity contribution >= 4 is 23.4 Å². The monoisotopic (exact) mass is 354 g/mol. The third kappa shape index (κ3) is 4.86. The van der Waals surface area contributed by atoms with Crippen LogP contribution in [0, 0.1) is 5.92 Å². The smallest absolute Gasteiger partial charge is 0.255 e. The minimum absolute atomic E-state index is 0.0559. The van der Waals surface area contributed by atoms with Crippen molar-refractivity contribution in [2.75, 3.05) is 24.7 Å². The summed E-state index contributed by atoms with van der Waals surface area (Å²) in [4.78, 5) is 16.1. The molecule has 1 amide bonds. The Morgan fingerprint density at radius 3 is 2.68 bits per heavy atom. The summed E-state index contributed by atoms with van der Waals surface area (Å²) in [6.07, 6.45) is 4.64. The molecule has 0 aromatic heterocycles. The lowest BCUT2D eigenvalue weighted by Gasteiger charge is -2.30. The van der Waals surface area contributed by atoms with Gasteiger partial charge in [0.05, 0.1) is 5.69 Å². The molecule has 0 spiro atoms. The summed E-state index contributed by atoms with van der Waals surface area (Å²) in [6, 6.07) is 15.9. The lowest BCUT2D eigenvalue weighted by Crippen LogP contribution is -2.33. The first kappa shape index (κ1) is 18.0. The highest BCUT2D eigenvalue weighted by Crippen LogP contribution is 2.25. The number of piperidine rings is 1. The van der Waals surface area contributed by atoms with E-state index < -0.39 is 0 Å². The molecule has 25 heavy (non-hydrogen) atoms. The molecule has 132 valence electrons. The van der Waals surface area contributed by atoms with Gasteiger partial charge in [-0.3, -0.25) is 9.69 Å². The molecule has 1 fully saturated rings. The summed E-state index contributed by atoms with van der Waals surface area (Å²) in [5, 5.41) is 3.01. The zero-order chi connectivity index (χ0) is 17.6. The molecule has 4 heteroatoms. The molecule has 3 nitrogen and oxygen atoms in total. The largest absolute Gasteiger partial charge is 0.321 e. The minimum atomic E-state index is -0.0559. The van der Waals surface area contributed by atoms with Gasteiger partial charge in [0.2, 0.25) is 0 Å². The van der Waals surface area contributed by atoms with Crippen LogP contribution in [0.3, 0.4) is 0 Å². The Kier molecular flexibility index (Phi) is 6.16. The average molecular weight is 355 g/mol. The highest BCUT2D eigenvalue weighted by Gasteiger charge is 2.16. The van der Waals surface area contributed by atoms with Crippen LogP contribution in [0.15, 0.2) is 53.4 Å². The maximum absolute atomic E-state index is 12.5. The summed E-state index contributed by atoms with van der Waals surface area (Å²) in [7, 11) is 0. The number of para-hydroxylation sites is 1. The number of hydrogen-bond acceptors (Lipinski definition) is 3. The molecule has 0 saturated carbocycles. The van der Waals surface area contributed by atoms with Crippen LogP contribution in [0.25, 0.3) is 0 Å². The molecular weight excluding hydrogens is 328 g/mol. The van der Waals surface area contributed by atoms with E-state index in [9.17, 15) is 4.79 Å². The highest BCUT2D eigenvalue weighted by atomic mass is 32.2. The van der Waals surface area contributed by atoms with Gasteiger partial charge < -0.3 is 5.32 Å². The summed E-state index contributed by atoms with van der Waals surface area (Å²) in [5.74, 6) is 0.731. The number of amides is 1. The number of rotatable bonds is 5. The molecule has 1 aliphatic heterocycles. The number of nitrogens with zero attached hydrogens (tertiary/aromatic N) is 1. The molecule has 1 saturated heterocycles. The second-order valence-electron chi connectivity index (χ2n) is 6.83. The number of carbonyl (C=O) groups excluding carboxylic acids is 1. The second-order valence-corrected chi connectivity index (χ2v) is 7.68. The topological polar surface area (TPSA) is 32.3 Å². The van der Waals surface area contributed by atoms with Crippen LogP contribution < -0.4 is 5.32 Å². The Bertz CT molecular complexity index is 714. The van der Waals surface area contributed by atoms with Gasteiger partial charge in [0.1, 0.15) is 0 Å². The molecule has 1 heterocycles. The van der Waals surface area contributed by atoms with E-state index in [0.29, 0.717) is 5.56 Å². The fourth-order valence-corrected chi connectivity index (χ4v) is 3.95. The molecular formula is C21H26N2OS. The summed E-state index contributed by atoms with van der Waals surface area (Å²) in [5.41, 5.74) is 2.84. The van der Waals surface area contributed by atoms with Crippen LogP contribution in [0.4, 0.5) is 5.69 Å². The molecule has 2 aromatic carbocycles. The van der Waals surface area contributed by atoms with Gasteiger partial charge in [-0.05, 0) is 61.4 Å². The third-order valence-corrected chi connectivity index (χ3v) is 5.51. The summed E-state index contributed by atoms with van der Waals surface area (Å²) < 4.78 is 0. The second kappa shape index (κ2) is 8.54. The van der Waals surface area contributed by atoms with E-state index in [1.54, 1.807) is 11.8 Å². The molecule has 1 atom stereocenters. The zero-order valence-corrected chi connectivity index (χ0v) is 15.8. The first-order valence-corrected chi connectivity index (χ1v) is 10.1. The number of likely N-dealkylation sites (tertiary alicyclic amines) is 1. The lowest BCUT2D eigenvalue weighted by atomic mass is 9.99. The normalized spacial score (nSPS) is 18.1. The number of thioether (sulfide) groups is 1. The zero-order valence-electron chi connectivity index (χ0n) is 15.0. The van der Waals surface area contributed by atoms with Crippen LogP contribution >= 0.6 is 11.8 Å². The lowest BCUT2D eigenvalue weighted by molar-refractivity contribution is 0.102. The predicted molar refractivity (Wildman–Crippen MR) is 106 cm³/mol.